The van der Waals surface area contributed by atoms with Crippen molar-refractivity contribution in [2.75, 3.05) is 7.11 Å². The molecule has 0 aliphatic carbocycles. The molecular weight excluding hydrogens is 246 g/mol. The van der Waals surface area contributed by atoms with E-state index in [1.807, 2.05) is 12.1 Å². The lowest BCUT2D eigenvalue weighted by Crippen LogP contribution is -2.19. The predicted octanol–water partition coefficient (Wildman–Crippen LogP) is 4.16. The smallest absolute Gasteiger partial charge is 0.119 e. The molecule has 1 N–H and O–H groups in total. The van der Waals surface area contributed by atoms with Crippen LogP contribution in [0.15, 0.2) is 42.5 Å². The van der Waals surface area contributed by atoms with Crippen LogP contribution >= 0.6 is 0 Å². The molecule has 0 saturated carbocycles. The molecule has 20 heavy (non-hydrogen) atoms. The van der Waals surface area contributed by atoms with Gasteiger partial charge < -0.3 is 10.1 Å². The van der Waals surface area contributed by atoms with Gasteiger partial charge in [0.25, 0.3) is 0 Å². The van der Waals surface area contributed by atoms with E-state index in [2.05, 4.69) is 56.4 Å². The summed E-state index contributed by atoms with van der Waals surface area (Å²) in [7, 11) is 1.70. The van der Waals surface area contributed by atoms with Gasteiger partial charge in [-0.25, -0.2) is 0 Å². The number of hydrogen-bond acceptors (Lipinski definition) is 2. The molecule has 0 saturated heterocycles. The first kappa shape index (κ1) is 14.6. The van der Waals surface area contributed by atoms with Crippen LogP contribution in [0, 0.1) is 13.8 Å². The third-order valence-electron chi connectivity index (χ3n) is 3.65. The molecule has 1 atom stereocenters. The lowest BCUT2D eigenvalue weighted by molar-refractivity contribution is 0.414. The second-order valence-electron chi connectivity index (χ2n) is 5.31. The fourth-order valence-corrected chi connectivity index (χ4v) is 2.39. The van der Waals surface area contributed by atoms with Crippen LogP contribution in [0.25, 0.3) is 0 Å². The summed E-state index contributed by atoms with van der Waals surface area (Å²) in [6, 6.07) is 15.1. The average molecular weight is 269 g/mol. The maximum Gasteiger partial charge on any atom is 0.119 e. The van der Waals surface area contributed by atoms with Gasteiger partial charge in [0.05, 0.1) is 7.11 Å². The molecule has 0 radical (unpaired) electrons. The molecule has 1 unspecified atom stereocenters. The minimum Gasteiger partial charge on any atom is -0.497 e. The van der Waals surface area contributed by atoms with Gasteiger partial charge >= 0.3 is 0 Å². The Kier molecular flexibility index (Phi) is 4.80. The van der Waals surface area contributed by atoms with Gasteiger partial charge in [-0.15, -0.1) is 0 Å². The summed E-state index contributed by atoms with van der Waals surface area (Å²) in [5, 5.41) is 3.58. The van der Waals surface area contributed by atoms with Gasteiger partial charge in [0, 0.05) is 12.6 Å². The molecule has 2 heteroatoms. The van der Waals surface area contributed by atoms with Crippen molar-refractivity contribution in [2.45, 2.75) is 33.4 Å². The largest absolute Gasteiger partial charge is 0.497 e. The van der Waals surface area contributed by atoms with Gasteiger partial charge in [-0.1, -0.05) is 35.9 Å². The van der Waals surface area contributed by atoms with Gasteiger partial charge in [0.15, 0.2) is 0 Å². The Morgan fingerprint density at radius 2 is 1.90 bits per heavy atom. The molecule has 106 valence electrons. The van der Waals surface area contributed by atoms with E-state index in [1.165, 1.54) is 22.3 Å². The molecule has 0 heterocycles. The number of rotatable bonds is 5. The van der Waals surface area contributed by atoms with Gasteiger partial charge in [-0.2, -0.15) is 0 Å². The summed E-state index contributed by atoms with van der Waals surface area (Å²) >= 11 is 0. The van der Waals surface area contributed by atoms with E-state index in [-0.39, 0.29) is 0 Å². The number of methoxy groups -OCH3 is 1. The van der Waals surface area contributed by atoms with Crippen molar-refractivity contribution in [3.63, 3.8) is 0 Å². The standard InChI is InChI=1S/C18H23NO/c1-13-8-9-14(2)18(10-13)15(3)19-12-16-6-5-7-17(11-16)20-4/h5-11,15,19H,12H2,1-4H3. The maximum absolute atomic E-state index is 5.25. The third kappa shape index (κ3) is 3.61. The molecule has 0 fully saturated rings. The highest BCUT2D eigenvalue weighted by molar-refractivity contribution is 5.33. The number of hydrogen-bond donors (Lipinski definition) is 1. The number of benzene rings is 2. The Morgan fingerprint density at radius 3 is 2.65 bits per heavy atom. The summed E-state index contributed by atoms with van der Waals surface area (Å²) in [6.45, 7) is 7.35. The molecule has 0 bridgehead atoms. The topological polar surface area (TPSA) is 21.3 Å². The zero-order valence-electron chi connectivity index (χ0n) is 12.7. The van der Waals surface area contributed by atoms with Crippen LogP contribution in [-0.2, 0) is 6.54 Å². The monoisotopic (exact) mass is 269 g/mol. The fraction of sp³-hybridized carbons (Fsp3) is 0.333. The second-order valence-corrected chi connectivity index (χ2v) is 5.31. The van der Waals surface area contributed by atoms with E-state index in [4.69, 9.17) is 4.74 Å². The van der Waals surface area contributed by atoms with E-state index in [9.17, 15) is 0 Å². The van der Waals surface area contributed by atoms with E-state index in [1.54, 1.807) is 7.11 Å². The fourth-order valence-electron chi connectivity index (χ4n) is 2.39. The minimum atomic E-state index is 0.334. The molecule has 2 aromatic carbocycles. The zero-order chi connectivity index (χ0) is 14.5. The quantitative estimate of drug-likeness (QED) is 0.880. The molecule has 0 aromatic heterocycles. The van der Waals surface area contributed by atoms with Crippen molar-refractivity contribution in [1.29, 1.82) is 0 Å². The lowest BCUT2D eigenvalue weighted by Gasteiger charge is -2.17. The highest BCUT2D eigenvalue weighted by Gasteiger charge is 2.08. The van der Waals surface area contributed by atoms with Crippen molar-refractivity contribution >= 4 is 0 Å². The van der Waals surface area contributed by atoms with Gasteiger partial charge in [0.2, 0.25) is 0 Å². The van der Waals surface area contributed by atoms with Crippen molar-refractivity contribution in [3.8, 4) is 5.75 Å². The van der Waals surface area contributed by atoms with Gasteiger partial charge in [-0.3, -0.25) is 0 Å². The zero-order valence-corrected chi connectivity index (χ0v) is 12.7. The van der Waals surface area contributed by atoms with Crippen LogP contribution < -0.4 is 10.1 Å². The molecule has 2 rings (SSSR count). The van der Waals surface area contributed by atoms with Crippen molar-refractivity contribution in [3.05, 3.63) is 64.7 Å². The molecule has 0 aliphatic heterocycles. The Labute approximate surface area is 121 Å². The molecular formula is C18H23NO. The highest BCUT2D eigenvalue weighted by atomic mass is 16.5. The maximum atomic E-state index is 5.25. The first-order valence-electron chi connectivity index (χ1n) is 7.03. The molecule has 0 spiro atoms. The van der Waals surface area contributed by atoms with Gasteiger partial charge in [-0.05, 0) is 49.6 Å². The molecule has 2 aromatic rings. The first-order chi connectivity index (χ1) is 9.60. The van der Waals surface area contributed by atoms with E-state index in [0.717, 1.165) is 12.3 Å². The highest BCUT2D eigenvalue weighted by Crippen LogP contribution is 2.20. The lowest BCUT2D eigenvalue weighted by atomic mass is 10.00. The Bertz CT molecular complexity index is 577. The second kappa shape index (κ2) is 6.58. The van der Waals surface area contributed by atoms with Crippen LogP contribution in [0.1, 0.15) is 35.2 Å². The summed E-state index contributed by atoms with van der Waals surface area (Å²) < 4.78 is 5.25. The van der Waals surface area contributed by atoms with Crippen LogP contribution in [0.4, 0.5) is 0 Å². The van der Waals surface area contributed by atoms with Crippen LogP contribution in [0.2, 0.25) is 0 Å². The number of nitrogens with one attached hydrogen (secondary N) is 1. The van der Waals surface area contributed by atoms with Crippen molar-refractivity contribution in [2.24, 2.45) is 0 Å². The number of ether oxygens (including phenoxy) is 1. The predicted molar refractivity (Wildman–Crippen MR) is 84.2 cm³/mol. The number of aryl methyl sites for hydroxylation is 2. The van der Waals surface area contributed by atoms with E-state index in [0.29, 0.717) is 6.04 Å². The third-order valence-corrected chi connectivity index (χ3v) is 3.65. The molecule has 0 amide bonds. The molecule has 0 aliphatic rings. The summed E-state index contributed by atoms with van der Waals surface area (Å²) in [5.74, 6) is 0.906. The minimum absolute atomic E-state index is 0.334. The Balaban J connectivity index is 2.04. The molecule has 2 nitrogen and oxygen atoms in total. The Hall–Kier alpha value is -1.80. The summed E-state index contributed by atoms with van der Waals surface area (Å²) in [5.41, 5.74) is 5.25. The Morgan fingerprint density at radius 1 is 1.10 bits per heavy atom. The van der Waals surface area contributed by atoms with Crippen molar-refractivity contribution < 1.29 is 4.74 Å². The van der Waals surface area contributed by atoms with E-state index >= 15 is 0 Å². The average Bonchev–Trinajstić information content (AvgIpc) is 2.47. The normalized spacial score (nSPS) is 12.2. The van der Waals surface area contributed by atoms with Crippen molar-refractivity contribution in [1.82, 2.24) is 5.32 Å². The SMILES string of the molecule is COc1cccc(CNC(C)c2cc(C)ccc2C)c1. The van der Waals surface area contributed by atoms with Crippen LogP contribution in [0.3, 0.4) is 0 Å². The summed E-state index contributed by atoms with van der Waals surface area (Å²) in [4.78, 5) is 0. The van der Waals surface area contributed by atoms with E-state index < -0.39 is 0 Å². The summed E-state index contributed by atoms with van der Waals surface area (Å²) in [6.07, 6.45) is 0. The van der Waals surface area contributed by atoms with Gasteiger partial charge in [0.1, 0.15) is 5.75 Å². The van der Waals surface area contributed by atoms with Crippen LogP contribution in [-0.4, -0.2) is 7.11 Å². The van der Waals surface area contributed by atoms with Crippen LogP contribution in [0.5, 0.6) is 5.75 Å². The first-order valence-corrected chi connectivity index (χ1v) is 7.03.